The van der Waals surface area contributed by atoms with Crippen LogP contribution in [0.1, 0.15) is 52.4 Å². The quantitative estimate of drug-likeness (QED) is 0.559. The Hall–Kier alpha value is -2.24. The molecule has 0 fully saturated rings. The number of aromatic nitrogens is 1. The van der Waals surface area contributed by atoms with Gasteiger partial charge in [0.15, 0.2) is 4.80 Å². The van der Waals surface area contributed by atoms with E-state index < -0.39 is 0 Å². The van der Waals surface area contributed by atoms with Gasteiger partial charge in [-0.25, -0.2) is 0 Å². The Balaban J connectivity index is 1.77. The molecule has 3 aromatic rings. The number of nitrogens with zero attached hydrogens (tertiary/aromatic N) is 2. The van der Waals surface area contributed by atoms with Crippen LogP contribution >= 0.6 is 11.3 Å². The predicted molar refractivity (Wildman–Crippen MR) is 119 cm³/mol. The highest BCUT2D eigenvalue weighted by atomic mass is 32.1. The number of rotatable bonds is 5. The van der Waals surface area contributed by atoms with Crippen molar-refractivity contribution in [1.29, 1.82) is 0 Å². The maximum atomic E-state index is 13.0. The molecule has 0 N–H and O–H groups in total. The molecule has 152 valence electrons. The fourth-order valence-electron chi connectivity index (χ4n) is 4.20. The van der Waals surface area contributed by atoms with E-state index in [9.17, 15) is 4.79 Å². The summed E-state index contributed by atoms with van der Waals surface area (Å²) >= 11 is 1.58. The summed E-state index contributed by atoms with van der Waals surface area (Å²) in [6.45, 7) is 8.20. The number of benzene rings is 2. The predicted octanol–water partition coefficient (Wildman–Crippen LogP) is 4.98. The first kappa shape index (κ1) is 20.0. The van der Waals surface area contributed by atoms with Crippen LogP contribution in [0.4, 0.5) is 0 Å². The van der Waals surface area contributed by atoms with Crippen LogP contribution in [0.2, 0.25) is 0 Å². The number of thiazole rings is 1. The van der Waals surface area contributed by atoms with Gasteiger partial charge in [0.05, 0.1) is 16.8 Å². The van der Waals surface area contributed by atoms with Gasteiger partial charge in [-0.1, -0.05) is 23.5 Å². The number of fused-ring (bicyclic) bond motifs is 2. The molecule has 4 rings (SSSR count). The molecular weight excluding hydrogens is 380 g/mol. The summed E-state index contributed by atoms with van der Waals surface area (Å²) in [5, 5.41) is 0. The Kier molecular flexibility index (Phi) is 5.97. The second-order valence-electron chi connectivity index (χ2n) is 7.77. The lowest BCUT2D eigenvalue weighted by atomic mass is 9.90. The van der Waals surface area contributed by atoms with Crippen molar-refractivity contribution in [2.45, 2.75) is 53.0 Å². The molecule has 0 aliphatic heterocycles. The van der Waals surface area contributed by atoms with Crippen LogP contribution in [0.5, 0.6) is 0 Å². The largest absolute Gasteiger partial charge is 0.380 e. The third kappa shape index (κ3) is 4.21. The average Bonchev–Trinajstić information content (AvgIpc) is 3.04. The average molecular weight is 409 g/mol. The molecule has 0 saturated heterocycles. The number of ether oxygens (including phenoxy) is 1. The van der Waals surface area contributed by atoms with E-state index in [2.05, 4.69) is 41.6 Å². The van der Waals surface area contributed by atoms with Gasteiger partial charge >= 0.3 is 0 Å². The van der Waals surface area contributed by atoms with Crippen LogP contribution < -0.4 is 4.80 Å². The molecule has 29 heavy (non-hydrogen) atoms. The highest BCUT2D eigenvalue weighted by molar-refractivity contribution is 7.16. The van der Waals surface area contributed by atoms with Gasteiger partial charge in [-0.05, 0) is 86.9 Å². The molecule has 1 heterocycles. The van der Waals surface area contributed by atoms with Crippen molar-refractivity contribution in [2.75, 3.05) is 13.2 Å². The molecule has 1 aliphatic carbocycles. The number of carbonyl (C=O) groups is 1. The third-order valence-electron chi connectivity index (χ3n) is 5.57. The van der Waals surface area contributed by atoms with E-state index in [0.29, 0.717) is 25.3 Å². The Morgan fingerprint density at radius 2 is 1.93 bits per heavy atom. The van der Waals surface area contributed by atoms with Gasteiger partial charge in [0.2, 0.25) is 0 Å². The molecule has 0 radical (unpaired) electrons. The van der Waals surface area contributed by atoms with E-state index in [-0.39, 0.29) is 5.91 Å². The van der Waals surface area contributed by atoms with E-state index in [1.54, 1.807) is 11.3 Å². The molecule has 0 unspecified atom stereocenters. The standard InChI is InChI=1S/C24H28N2O2S/c1-4-28-12-11-26-22-17(3)13-16(2)14-21(22)29-24(26)25-23(27)20-10-9-18-7-5-6-8-19(18)15-20/h9-10,13-15H,4-8,11-12H2,1-3H3. The van der Waals surface area contributed by atoms with E-state index >= 15 is 0 Å². The first-order valence-corrected chi connectivity index (χ1v) is 11.3. The van der Waals surface area contributed by atoms with E-state index in [1.807, 2.05) is 19.1 Å². The number of carbonyl (C=O) groups excluding carboxylic acids is 1. The highest BCUT2D eigenvalue weighted by Gasteiger charge is 2.14. The molecular formula is C24H28N2O2S. The van der Waals surface area contributed by atoms with Gasteiger partial charge in [0, 0.05) is 18.7 Å². The SMILES string of the molecule is CCOCCn1c(=NC(=O)c2ccc3c(c2)CCCC3)sc2cc(C)cc(C)c21. The zero-order valence-electron chi connectivity index (χ0n) is 17.5. The van der Waals surface area contributed by atoms with Gasteiger partial charge in [-0.15, -0.1) is 0 Å². The lowest BCUT2D eigenvalue weighted by Gasteiger charge is -2.15. The maximum absolute atomic E-state index is 13.0. The summed E-state index contributed by atoms with van der Waals surface area (Å²) in [7, 11) is 0. The van der Waals surface area contributed by atoms with Gasteiger partial charge in [-0.2, -0.15) is 4.99 Å². The second-order valence-corrected chi connectivity index (χ2v) is 8.78. The van der Waals surface area contributed by atoms with Gasteiger partial charge in [-0.3, -0.25) is 4.79 Å². The fraction of sp³-hybridized carbons (Fsp3) is 0.417. The number of amides is 1. The van der Waals surface area contributed by atoms with Crippen molar-refractivity contribution < 1.29 is 9.53 Å². The third-order valence-corrected chi connectivity index (χ3v) is 6.59. The van der Waals surface area contributed by atoms with Crippen molar-refractivity contribution in [2.24, 2.45) is 4.99 Å². The number of hydrogen-bond acceptors (Lipinski definition) is 3. The van der Waals surface area contributed by atoms with Crippen LogP contribution in [0.15, 0.2) is 35.3 Å². The Morgan fingerprint density at radius 3 is 2.72 bits per heavy atom. The topological polar surface area (TPSA) is 43.6 Å². The Bertz CT molecular complexity index is 1120. The lowest BCUT2D eigenvalue weighted by Crippen LogP contribution is -2.20. The smallest absolute Gasteiger partial charge is 0.279 e. The maximum Gasteiger partial charge on any atom is 0.279 e. The van der Waals surface area contributed by atoms with Crippen LogP contribution in [-0.4, -0.2) is 23.7 Å². The van der Waals surface area contributed by atoms with E-state index in [4.69, 9.17) is 4.74 Å². The minimum absolute atomic E-state index is 0.163. The summed E-state index contributed by atoms with van der Waals surface area (Å²) in [4.78, 5) is 18.3. The molecule has 1 amide bonds. The van der Waals surface area contributed by atoms with Gasteiger partial charge in [0.1, 0.15) is 0 Å². The summed E-state index contributed by atoms with van der Waals surface area (Å²) in [5.41, 5.74) is 6.96. The first-order valence-electron chi connectivity index (χ1n) is 10.5. The lowest BCUT2D eigenvalue weighted by molar-refractivity contribution is 0.0996. The van der Waals surface area contributed by atoms with Gasteiger partial charge < -0.3 is 9.30 Å². The second kappa shape index (κ2) is 8.64. The minimum atomic E-state index is -0.163. The van der Waals surface area contributed by atoms with Crippen molar-refractivity contribution in [1.82, 2.24) is 4.57 Å². The van der Waals surface area contributed by atoms with Gasteiger partial charge in [0.25, 0.3) is 5.91 Å². The zero-order chi connectivity index (χ0) is 20.4. The molecule has 2 aromatic carbocycles. The monoisotopic (exact) mass is 408 g/mol. The normalized spacial score (nSPS) is 14.4. The molecule has 1 aliphatic rings. The van der Waals surface area contributed by atoms with Crippen LogP contribution in [0.3, 0.4) is 0 Å². The molecule has 0 atom stereocenters. The molecule has 0 spiro atoms. The highest BCUT2D eigenvalue weighted by Crippen LogP contribution is 2.24. The van der Waals surface area contributed by atoms with Crippen molar-refractivity contribution in [3.05, 3.63) is 63.0 Å². The number of aryl methyl sites for hydroxylation is 4. The van der Waals surface area contributed by atoms with Crippen LogP contribution in [0.25, 0.3) is 10.2 Å². The van der Waals surface area contributed by atoms with E-state index in [1.165, 1.54) is 35.1 Å². The van der Waals surface area contributed by atoms with Crippen molar-refractivity contribution in [3.63, 3.8) is 0 Å². The Labute approximate surface area is 175 Å². The first-order chi connectivity index (χ1) is 14.1. The van der Waals surface area contributed by atoms with Crippen molar-refractivity contribution in [3.8, 4) is 0 Å². The molecule has 0 bridgehead atoms. The van der Waals surface area contributed by atoms with E-state index in [0.717, 1.165) is 27.9 Å². The fourth-order valence-corrected chi connectivity index (χ4v) is 5.43. The minimum Gasteiger partial charge on any atom is -0.380 e. The Morgan fingerprint density at radius 1 is 1.14 bits per heavy atom. The molecule has 4 nitrogen and oxygen atoms in total. The zero-order valence-corrected chi connectivity index (χ0v) is 18.3. The van der Waals surface area contributed by atoms with Crippen LogP contribution in [-0.2, 0) is 24.1 Å². The molecule has 0 saturated carbocycles. The summed E-state index contributed by atoms with van der Waals surface area (Å²) < 4.78 is 8.89. The van der Waals surface area contributed by atoms with Crippen LogP contribution in [0, 0.1) is 13.8 Å². The molecule has 5 heteroatoms. The summed E-state index contributed by atoms with van der Waals surface area (Å²) in [6, 6.07) is 10.4. The summed E-state index contributed by atoms with van der Waals surface area (Å²) in [6.07, 6.45) is 4.62. The number of hydrogen-bond donors (Lipinski definition) is 0. The summed E-state index contributed by atoms with van der Waals surface area (Å²) in [5.74, 6) is -0.163. The molecule has 1 aromatic heterocycles. The van der Waals surface area contributed by atoms with Crippen molar-refractivity contribution >= 4 is 27.5 Å².